The summed E-state index contributed by atoms with van der Waals surface area (Å²) in [5, 5.41) is 13.2. The highest BCUT2D eigenvalue weighted by atomic mass is 32.1. The number of ketones is 1. The van der Waals surface area contributed by atoms with E-state index in [-0.39, 0.29) is 17.0 Å². The third-order valence-corrected chi connectivity index (χ3v) is 6.50. The van der Waals surface area contributed by atoms with Crippen molar-refractivity contribution in [1.29, 1.82) is 0 Å². The number of carbonyl (C=O) groups excluding carboxylic acids is 2. The summed E-state index contributed by atoms with van der Waals surface area (Å²) in [6, 6.07) is 12.4. The normalized spacial score (nSPS) is 16.4. The fourth-order valence-electron chi connectivity index (χ4n) is 3.88. The maximum atomic E-state index is 14.0. The summed E-state index contributed by atoms with van der Waals surface area (Å²) in [4.78, 5) is 28.2. The number of fused-ring (bicyclic) bond motifs is 1. The van der Waals surface area contributed by atoms with E-state index in [1.54, 1.807) is 42.6 Å². The van der Waals surface area contributed by atoms with Gasteiger partial charge in [0.05, 0.1) is 5.57 Å². The topological polar surface area (TPSA) is 70.7 Å². The van der Waals surface area contributed by atoms with E-state index in [9.17, 15) is 23.5 Å². The lowest BCUT2D eigenvalue weighted by Gasteiger charge is -2.26. The predicted molar refractivity (Wildman–Crippen MR) is 116 cm³/mol. The molecule has 0 saturated carbocycles. The maximum absolute atomic E-state index is 14.0. The molecule has 1 atom stereocenters. The van der Waals surface area contributed by atoms with E-state index in [1.807, 2.05) is 6.07 Å². The first-order valence-corrected chi connectivity index (χ1v) is 10.5. The smallest absolute Gasteiger partial charge is 0.294 e. The van der Waals surface area contributed by atoms with Crippen LogP contribution in [-0.4, -0.2) is 16.8 Å². The highest BCUT2D eigenvalue weighted by Gasteiger charge is 2.46. The van der Waals surface area contributed by atoms with Crippen LogP contribution in [0.3, 0.4) is 0 Å². The number of benzene rings is 2. The number of para-hydroxylation sites is 1. The predicted octanol–water partition coefficient (Wildman–Crippen LogP) is 5.86. The number of nitrogens with zero attached hydrogens (tertiary/aromatic N) is 1. The lowest BCUT2D eigenvalue weighted by atomic mass is 9.98. The minimum atomic E-state index is -1.14. The number of aryl methyl sites for hydroxylation is 1. The fraction of sp³-hybridized carbons (Fsp3) is 0.0833. The number of hydrogen-bond acceptors (Lipinski definition) is 5. The van der Waals surface area contributed by atoms with Crippen LogP contribution in [0.25, 0.3) is 11.0 Å². The van der Waals surface area contributed by atoms with Gasteiger partial charge in [0.1, 0.15) is 11.6 Å². The molecule has 0 saturated heterocycles. The standard InChI is InChI=1S/C24H15F2NO4S/c1-12-8-9-32-23(12)20-19(21(28)18-10-13-4-2-3-5-17(13)31-18)22(29)24(30)27(20)14-6-7-15(25)16(26)11-14/h2-11,20,29H,1H3. The van der Waals surface area contributed by atoms with Crippen molar-refractivity contribution in [2.75, 3.05) is 4.90 Å². The molecule has 1 aliphatic rings. The third kappa shape index (κ3) is 3.03. The average Bonchev–Trinajstić information content (AvgIpc) is 3.46. The number of furan rings is 1. The van der Waals surface area contributed by atoms with Crippen molar-refractivity contribution in [3.05, 3.63) is 99.1 Å². The van der Waals surface area contributed by atoms with E-state index < -0.39 is 35.1 Å². The molecule has 0 fully saturated rings. The highest BCUT2D eigenvalue weighted by molar-refractivity contribution is 7.10. The van der Waals surface area contributed by atoms with Crippen molar-refractivity contribution in [2.45, 2.75) is 13.0 Å². The number of anilines is 1. The maximum Gasteiger partial charge on any atom is 0.294 e. The van der Waals surface area contributed by atoms with Gasteiger partial charge in [-0.05, 0) is 48.2 Å². The van der Waals surface area contributed by atoms with Crippen molar-refractivity contribution in [3.8, 4) is 0 Å². The van der Waals surface area contributed by atoms with Gasteiger partial charge >= 0.3 is 0 Å². The molecule has 1 amide bonds. The van der Waals surface area contributed by atoms with Gasteiger partial charge in [0.2, 0.25) is 5.78 Å². The van der Waals surface area contributed by atoms with Crippen LogP contribution in [0.1, 0.15) is 27.0 Å². The number of amides is 1. The molecule has 160 valence electrons. The number of aliphatic hydroxyl groups excluding tert-OH is 1. The SMILES string of the molecule is Cc1ccsc1C1C(C(=O)c2cc3ccccc3o2)=C(O)C(=O)N1c1ccc(F)c(F)c1. The Labute approximate surface area is 184 Å². The second-order valence-corrected chi connectivity index (χ2v) is 8.33. The van der Waals surface area contributed by atoms with Gasteiger partial charge in [0.25, 0.3) is 5.91 Å². The third-order valence-electron chi connectivity index (χ3n) is 5.43. The molecule has 0 spiro atoms. The molecule has 32 heavy (non-hydrogen) atoms. The number of Topliss-reactive ketones (excluding diaryl/α,β-unsaturated/α-hetero) is 1. The van der Waals surface area contributed by atoms with E-state index in [0.717, 1.165) is 22.6 Å². The molecule has 1 N–H and O–H groups in total. The number of halogens is 2. The Morgan fingerprint density at radius 1 is 1.09 bits per heavy atom. The quantitative estimate of drug-likeness (QED) is 0.394. The van der Waals surface area contributed by atoms with Crippen LogP contribution < -0.4 is 4.90 Å². The molecule has 3 heterocycles. The van der Waals surface area contributed by atoms with Crippen LogP contribution in [0.15, 0.2) is 75.7 Å². The minimum Gasteiger partial charge on any atom is -0.503 e. The first-order valence-electron chi connectivity index (χ1n) is 9.66. The lowest BCUT2D eigenvalue weighted by Crippen LogP contribution is -2.31. The molecule has 1 aliphatic heterocycles. The minimum absolute atomic E-state index is 0.0191. The molecular formula is C24H15F2NO4S. The zero-order valence-electron chi connectivity index (χ0n) is 16.6. The summed E-state index contributed by atoms with van der Waals surface area (Å²) in [6.07, 6.45) is 0. The molecule has 0 bridgehead atoms. The summed E-state index contributed by atoms with van der Waals surface area (Å²) < 4.78 is 33.2. The van der Waals surface area contributed by atoms with Crippen molar-refractivity contribution < 1.29 is 27.9 Å². The van der Waals surface area contributed by atoms with Crippen LogP contribution in [0.4, 0.5) is 14.5 Å². The second-order valence-electron chi connectivity index (χ2n) is 7.38. The van der Waals surface area contributed by atoms with Gasteiger partial charge in [-0.1, -0.05) is 18.2 Å². The molecule has 1 unspecified atom stereocenters. The van der Waals surface area contributed by atoms with E-state index >= 15 is 0 Å². The van der Waals surface area contributed by atoms with E-state index in [4.69, 9.17) is 4.42 Å². The summed E-state index contributed by atoms with van der Waals surface area (Å²) >= 11 is 1.29. The highest BCUT2D eigenvalue weighted by Crippen LogP contribution is 2.45. The summed E-state index contributed by atoms with van der Waals surface area (Å²) in [7, 11) is 0. The van der Waals surface area contributed by atoms with Crippen molar-refractivity contribution in [1.82, 2.24) is 0 Å². The summed E-state index contributed by atoms with van der Waals surface area (Å²) in [6.45, 7) is 1.80. The molecule has 0 aliphatic carbocycles. The van der Waals surface area contributed by atoms with Crippen LogP contribution >= 0.6 is 11.3 Å². The van der Waals surface area contributed by atoms with Gasteiger partial charge in [-0.15, -0.1) is 11.3 Å². The summed E-state index contributed by atoms with van der Waals surface area (Å²) in [5.74, 6) is -4.54. The van der Waals surface area contributed by atoms with Crippen LogP contribution in [0.5, 0.6) is 0 Å². The monoisotopic (exact) mass is 451 g/mol. The van der Waals surface area contributed by atoms with E-state index in [2.05, 4.69) is 0 Å². The number of carbonyl (C=O) groups is 2. The zero-order valence-corrected chi connectivity index (χ0v) is 17.5. The van der Waals surface area contributed by atoms with Gasteiger partial charge in [0.15, 0.2) is 23.2 Å². The summed E-state index contributed by atoms with van der Waals surface area (Å²) in [5.41, 5.74) is 1.11. The molecule has 2 aromatic carbocycles. The fourth-order valence-corrected chi connectivity index (χ4v) is 4.90. The van der Waals surface area contributed by atoms with Crippen molar-refractivity contribution in [3.63, 3.8) is 0 Å². The average molecular weight is 451 g/mol. The lowest BCUT2D eigenvalue weighted by molar-refractivity contribution is -0.117. The van der Waals surface area contributed by atoms with Crippen molar-refractivity contribution >= 4 is 39.7 Å². The second kappa shape index (κ2) is 7.42. The largest absolute Gasteiger partial charge is 0.503 e. The Morgan fingerprint density at radius 2 is 1.88 bits per heavy atom. The molecule has 5 nitrogen and oxygen atoms in total. The Kier molecular flexibility index (Phi) is 4.67. The van der Waals surface area contributed by atoms with Gasteiger partial charge in [-0.3, -0.25) is 14.5 Å². The zero-order chi connectivity index (χ0) is 22.6. The van der Waals surface area contributed by atoms with Crippen LogP contribution in [0.2, 0.25) is 0 Å². The molecule has 5 rings (SSSR count). The Balaban J connectivity index is 1.67. The van der Waals surface area contributed by atoms with Crippen LogP contribution in [0, 0.1) is 18.6 Å². The molecule has 0 radical (unpaired) electrons. The van der Waals surface area contributed by atoms with Gasteiger partial charge in [-0.2, -0.15) is 0 Å². The van der Waals surface area contributed by atoms with Crippen LogP contribution in [-0.2, 0) is 4.79 Å². The number of rotatable bonds is 4. The molecular weight excluding hydrogens is 436 g/mol. The first-order chi connectivity index (χ1) is 15.4. The van der Waals surface area contributed by atoms with E-state index in [0.29, 0.717) is 15.8 Å². The number of thiophene rings is 1. The molecule has 2 aromatic heterocycles. The number of hydrogen-bond donors (Lipinski definition) is 1. The molecule has 4 aromatic rings. The van der Waals surface area contributed by atoms with Gasteiger partial charge in [0, 0.05) is 22.0 Å². The van der Waals surface area contributed by atoms with Crippen molar-refractivity contribution in [2.24, 2.45) is 0 Å². The Bertz CT molecular complexity index is 1400. The first kappa shape index (κ1) is 20.1. The molecule has 8 heteroatoms. The van der Waals surface area contributed by atoms with Gasteiger partial charge in [-0.25, -0.2) is 8.78 Å². The Hall–Kier alpha value is -3.78. The Morgan fingerprint density at radius 3 is 2.56 bits per heavy atom. The van der Waals surface area contributed by atoms with Gasteiger partial charge < -0.3 is 9.52 Å². The number of aliphatic hydroxyl groups is 1. The van der Waals surface area contributed by atoms with E-state index in [1.165, 1.54) is 17.4 Å².